The Bertz CT molecular complexity index is 531. The Labute approximate surface area is 113 Å². The molecule has 0 amide bonds. The molecule has 0 aliphatic heterocycles. The van der Waals surface area contributed by atoms with Crippen LogP contribution in [0.4, 0.5) is 5.69 Å². The molecule has 1 atom stereocenters. The highest BCUT2D eigenvalue weighted by atomic mass is 32.1. The molecule has 0 fully saturated rings. The number of aryl methyl sites for hydroxylation is 3. The number of hydrogen-bond acceptors (Lipinski definition) is 3. The average Bonchev–Trinajstić information content (AvgIpc) is 2.78. The fraction of sp³-hybridized carbons (Fsp3) is 0.400. The van der Waals surface area contributed by atoms with Crippen LogP contribution in [-0.2, 0) is 6.42 Å². The van der Waals surface area contributed by atoms with Gasteiger partial charge >= 0.3 is 0 Å². The molecule has 1 N–H and O–H groups in total. The normalized spacial score (nSPS) is 12.4. The van der Waals surface area contributed by atoms with Crippen LogP contribution in [0.15, 0.2) is 23.7 Å². The zero-order valence-corrected chi connectivity index (χ0v) is 12.3. The summed E-state index contributed by atoms with van der Waals surface area (Å²) in [6, 6.07) is 6.90. The van der Waals surface area contributed by atoms with E-state index >= 15 is 0 Å². The molecule has 2 nitrogen and oxygen atoms in total. The van der Waals surface area contributed by atoms with E-state index in [9.17, 15) is 0 Å². The summed E-state index contributed by atoms with van der Waals surface area (Å²) in [5.41, 5.74) is 7.01. The Hall–Kier alpha value is -1.35. The number of hydrogen-bond donors (Lipinski definition) is 1. The summed E-state index contributed by atoms with van der Waals surface area (Å²) in [6.07, 6.45) is 1.08. The number of nitrogens with zero attached hydrogens (tertiary/aromatic N) is 1. The van der Waals surface area contributed by atoms with Gasteiger partial charge in [-0.25, -0.2) is 4.98 Å². The quantitative estimate of drug-likeness (QED) is 0.875. The molecule has 1 aromatic heterocycles. The minimum absolute atomic E-state index is 0.310. The first-order valence-corrected chi connectivity index (χ1v) is 7.25. The molecule has 2 rings (SSSR count). The van der Waals surface area contributed by atoms with Crippen LogP contribution >= 0.6 is 11.3 Å². The van der Waals surface area contributed by atoms with Gasteiger partial charge < -0.3 is 5.32 Å². The molecule has 1 aromatic carbocycles. The van der Waals surface area contributed by atoms with Gasteiger partial charge in [0.1, 0.15) is 0 Å². The van der Waals surface area contributed by atoms with Crippen molar-refractivity contribution in [1.29, 1.82) is 0 Å². The number of benzene rings is 1. The first-order valence-electron chi connectivity index (χ1n) is 6.38. The Balaban J connectivity index is 2.17. The van der Waals surface area contributed by atoms with Gasteiger partial charge in [0.05, 0.1) is 17.2 Å². The molecule has 0 saturated heterocycles. The Kier molecular flexibility index (Phi) is 4.02. The van der Waals surface area contributed by atoms with E-state index < -0.39 is 0 Å². The third-order valence-corrected chi connectivity index (χ3v) is 4.40. The fourth-order valence-electron chi connectivity index (χ4n) is 2.18. The first-order chi connectivity index (χ1) is 8.61. The van der Waals surface area contributed by atoms with Gasteiger partial charge in [0, 0.05) is 10.6 Å². The second-order valence-corrected chi connectivity index (χ2v) is 5.55. The number of nitrogens with one attached hydrogen (secondary N) is 1. The molecule has 0 spiro atoms. The molecular weight excluding hydrogens is 240 g/mol. The summed E-state index contributed by atoms with van der Waals surface area (Å²) in [5, 5.41) is 3.56. The third-order valence-electron chi connectivity index (χ3n) is 3.29. The Morgan fingerprint density at radius 3 is 2.72 bits per heavy atom. The van der Waals surface area contributed by atoms with Gasteiger partial charge in [0.15, 0.2) is 0 Å². The molecule has 18 heavy (non-hydrogen) atoms. The van der Waals surface area contributed by atoms with E-state index in [0.29, 0.717) is 6.04 Å². The van der Waals surface area contributed by atoms with Crippen molar-refractivity contribution in [3.05, 3.63) is 45.4 Å². The highest BCUT2D eigenvalue weighted by molar-refractivity contribution is 7.09. The van der Waals surface area contributed by atoms with Crippen molar-refractivity contribution in [3.8, 4) is 0 Å². The van der Waals surface area contributed by atoms with Gasteiger partial charge in [-0.3, -0.25) is 0 Å². The van der Waals surface area contributed by atoms with E-state index in [4.69, 9.17) is 0 Å². The van der Waals surface area contributed by atoms with Crippen LogP contribution in [0.25, 0.3) is 0 Å². The smallest absolute Gasteiger partial charge is 0.0798 e. The topological polar surface area (TPSA) is 24.9 Å². The van der Waals surface area contributed by atoms with Crippen molar-refractivity contribution in [2.75, 3.05) is 5.32 Å². The Morgan fingerprint density at radius 2 is 2.11 bits per heavy atom. The maximum Gasteiger partial charge on any atom is 0.0798 e. The zero-order chi connectivity index (χ0) is 13.1. The van der Waals surface area contributed by atoms with E-state index in [1.54, 1.807) is 11.3 Å². The van der Waals surface area contributed by atoms with Crippen molar-refractivity contribution in [2.45, 2.75) is 40.2 Å². The first kappa shape index (κ1) is 13.1. The standard InChI is InChI=1S/C15H20N2S/c1-5-13-8-14(7-6-10(13)2)17-12(4)15-11(3)16-9-18-15/h6-9,12,17H,5H2,1-4H3. The number of thiazole rings is 1. The van der Waals surface area contributed by atoms with Gasteiger partial charge in [-0.15, -0.1) is 11.3 Å². The molecule has 3 heteroatoms. The van der Waals surface area contributed by atoms with E-state index in [2.05, 4.69) is 56.2 Å². The second kappa shape index (κ2) is 5.53. The van der Waals surface area contributed by atoms with Crippen LogP contribution < -0.4 is 5.32 Å². The fourth-order valence-corrected chi connectivity index (χ4v) is 2.99. The van der Waals surface area contributed by atoms with Crippen LogP contribution in [0.3, 0.4) is 0 Å². The lowest BCUT2D eigenvalue weighted by Gasteiger charge is -2.16. The number of aromatic nitrogens is 1. The molecule has 0 saturated carbocycles. The Morgan fingerprint density at radius 1 is 1.33 bits per heavy atom. The van der Waals surface area contributed by atoms with Crippen LogP contribution in [0.5, 0.6) is 0 Å². The predicted octanol–water partition coefficient (Wildman–Crippen LogP) is 4.50. The third kappa shape index (κ3) is 2.72. The molecule has 1 unspecified atom stereocenters. The second-order valence-electron chi connectivity index (χ2n) is 4.66. The van der Waals surface area contributed by atoms with Crippen LogP contribution in [0.2, 0.25) is 0 Å². The SMILES string of the molecule is CCc1cc(NC(C)c2scnc2C)ccc1C. The molecule has 0 radical (unpaired) electrons. The molecule has 0 bridgehead atoms. The largest absolute Gasteiger partial charge is 0.378 e. The van der Waals surface area contributed by atoms with Crippen LogP contribution in [0, 0.1) is 13.8 Å². The molecule has 2 aromatic rings. The monoisotopic (exact) mass is 260 g/mol. The summed E-state index contributed by atoms with van der Waals surface area (Å²) in [6.45, 7) is 8.62. The van der Waals surface area contributed by atoms with Gasteiger partial charge in [-0.1, -0.05) is 13.0 Å². The summed E-state index contributed by atoms with van der Waals surface area (Å²) in [7, 11) is 0. The highest BCUT2D eigenvalue weighted by Gasteiger charge is 2.11. The summed E-state index contributed by atoms with van der Waals surface area (Å²) in [5.74, 6) is 0. The molecule has 0 aliphatic rings. The summed E-state index contributed by atoms with van der Waals surface area (Å²) in [4.78, 5) is 5.62. The molecular formula is C15H20N2S. The number of rotatable bonds is 4. The van der Waals surface area contributed by atoms with Crippen LogP contribution in [0.1, 0.15) is 41.6 Å². The van der Waals surface area contributed by atoms with Crippen molar-refractivity contribution in [3.63, 3.8) is 0 Å². The van der Waals surface area contributed by atoms with E-state index in [0.717, 1.165) is 12.1 Å². The number of anilines is 1. The zero-order valence-electron chi connectivity index (χ0n) is 11.4. The molecule has 0 aliphatic carbocycles. The van der Waals surface area contributed by atoms with Crippen molar-refractivity contribution < 1.29 is 0 Å². The van der Waals surface area contributed by atoms with Gasteiger partial charge in [-0.05, 0) is 50.5 Å². The molecule has 1 heterocycles. The average molecular weight is 260 g/mol. The predicted molar refractivity (Wildman–Crippen MR) is 79.4 cm³/mol. The summed E-state index contributed by atoms with van der Waals surface area (Å²) < 4.78 is 0. The maximum atomic E-state index is 4.31. The molecule has 96 valence electrons. The lowest BCUT2D eigenvalue weighted by atomic mass is 10.1. The van der Waals surface area contributed by atoms with Crippen LogP contribution in [-0.4, -0.2) is 4.98 Å². The van der Waals surface area contributed by atoms with Gasteiger partial charge in [0.25, 0.3) is 0 Å². The highest BCUT2D eigenvalue weighted by Crippen LogP contribution is 2.26. The van der Waals surface area contributed by atoms with Gasteiger partial charge in [-0.2, -0.15) is 0 Å². The maximum absolute atomic E-state index is 4.31. The van der Waals surface area contributed by atoms with Crippen molar-refractivity contribution in [1.82, 2.24) is 4.98 Å². The summed E-state index contributed by atoms with van der Waals surface area (Å²) >= 11 is 1.72. The van der Waals surface area contributed by atoms with Crippen molar-refractivity contribution in [2.24, 2.45) is 0 Å². The minimum Gasteiger partial charge on any atom is -0.378 e. The van der Waals surface area contributed by atoms with E-state index in [1.165, 1.54) is 21.7 Å². The lowest BCUT2D eigenvalue weighted by Crippen LogP contribution is -2.06. The van der Waals surface area contributed by atoms with Crippen molar-refractivity contribution >= 4 is 17.0 Å². The van der Waals surface area contributed by atoms with E-state index in [-0.39, 0.29) is 0 Å². The minimum atomic E-state index is 0.310. The lowest BCUT2D eigenvalue weighted by molar-refractivity contribution is 0.889. The van der Waals surface area contributed by atoms with Gasteiger partial charge in [0.2, 0.25) is 0 Å². The van der Waals surface area contributed by atoms with E-state index in [1.807, 2.05) is 5.51 Å².